The second-order valence-electron chi connectivity index (χ2n) is 4.37. The maximum absolute atomic E-state index is 12.1. The third-order valence-electron chi connectivity index (χ3n) is 3.12. The van der Waals surface area contributed by atoms with E-state index in [2.05, 4.69) is 14.9 Å². The maximum atomic E-state index is 12.1. The summed E-state index contributed by atoms with van der Waals surface area (Å²) in [5.41, 5.74) is -0.0642. The molecule has 2 rings (SSSR count). The van der Waals surface area contributed by atoms with Gasteiger partial charge < -0.3 is 20.0 Å². The van der Waals surface area contributed by atoms with Gasteiger partial charge in [-0.1, -0.05) is 0 Å². The number of nitrogens with zero attached hydrogens (tertiary/aromatic N) is 2. The lowest BCUT2D eigenvalue weighted by molar-refractivity contribution is 0.0755. The molecule has 1 aromatic heterocycles. The first-order valence-electron chi connectivity index (χ1n) is 6.11. The van der Waals surface area contributed by atoms with E-state index in [1.807, 2.05) is 0 Å². The molecule has 1 aliphatic heterocycles. The summed E-state index contributed by atoms with van der Waals surface area (Å²) in [6, 6.07) is 0. The summed E-state index contributed by atoms with van der Waals surface area (Å²) in [6.07, 6.45) is 2.28. The van der Waals surface area contributed by atoms with Gasteiger partial charge in [0.05, 0.1) is 6.61 Å². The first-order chi connectivity index (χ1) is 8.70. The zero-order valence-corrected chi connectivity index (χ0v) is 10.2. The molecule has 1 aliphatic rings. The van der Waals surface area contributed by atoms with Crippen molar-refractivity contribution in [2.45, 2.75) is 6.42 Å². The first kappa shape index (κ1) is 12.8. The van der Waals surface area contributed by atoms with Crippen molar-refractivity contribution >= 4 is 5.91 Å². The largest absolute Gasteiger partial charge is 0.395 e. The summed E-state index contributed by atoms with van der Waals surface area (Å²) in [6.45, 7) is 3.71. The number of β-amino-alcohol motifs (C(OH)–C–C–N with tert-alkyl or cyclic N) is 1. The predicted octanol–water partition coefficient (Wildman–Crippen LogP) is -1.16. The molecule has 0 atom stereocenters. The van der Waals surface area contributed by atoms with Crippen molar-refractivity contribution in [2.75, 3.05) is 39.3 Å². The SMILES string of the molecule is O=C(c1c[nH]c(=O)[nH]1)N1CCCN(CCO)CC1. The molecule has 100 valence electrons. The van der Waals surface area contributed by atoms with Crippen LogP contribution in [0.2, 0.25) is 0 Å². The summed E-state index contributed by atoms with van der Waals surface area (Å²) < 4.78 is 0. The van der Waals surface area contributed by atoms with Gasteiger partial charge in [0.15, 0.2) is 0 Å². The Morgan fingerprint density at radius 3 is 2.83 bits per heavy atom. The lowest BCUT2D eigenvalue weighted by Gasteiger charge is -2.20. The van der Waals surface area contributed by atoms with Crippen LogP contribution in [0.15, 0.2) is 11.0 Å². The normalized spacial score (nSPS) is 17.7. The average molecular weight is 254 g/mol. The van der Waals surface area contributed by atoms with E-state index in [0.717, 1.165) is 19.5 Å². The minimum Gasteiger partial charge on any atom is -0.395 e. The molecule has 0 radical (unpaired) electrons. The van der Waals surface area contributed by atoms with Crippen LogP contribution in [0.3, 0.4) is 0 Å². The molecule has 1 amide bonds. The number of hydrogen-bond donors (Lipinski definition) is 3. The van der Waals surface area contributed by atoms with Gasteiger partial charge in [0.25, 0.3) is 5.91 Å². The molecular weight excluding hydrogens is 236 g/mol. The van der Waals surface area contributed by atoms with Crippen molar-refractivity contribution in [1.29, 1.82) is 0 Å². The molecule has 18 heavy (non-hydrogen) atoms. The average Bonchev–Trinajstić information content (AvgIpc) is 2.65. The molecule has 1 fully saturated rings. The summed E-state index contributed by atoms with van der Waals surface area (Å²) in [7, 11) is 0. The van der Waals surface area contributed by atoms with Gasteiger partial charge in [0.2, 0.25) is 0 Å². The molecule has 7 heteroatoms. The number of aromatic nitrogens is 2. The lowest BCUT2D eigenvalue weighted by Crippen LogP contribution is -2.36. The third-order valence-corrected chi connectivity index (χ3v) is 3.12. The van der Waals surface area contributed by atoms with E-state index < -0.39 is 0 Å². The number of carbonyl (C=O) groups is 1. The van der Waals surface area contributed by atoms with Crippen molar-refractivity contribution in [3.63, 3.8) is 0 Å². The molecule has 1 saturated heterocycles. The van der Waals surface area contributed by atoms with Gasteiger partial charge in [-0.2, -0.15) is 0 Å². The molecule has 1 aromatic rings. The van der Waals surface area contributed by atoms with Crippen LogP contribution < -0.4 is 5.69 Å². The number of aromatic amines is 2. The Hall–Kier alpha value is -1.60. The molecular formula is C11H18N4O3. The Balaban J connectivity index is 1.97. The number of carbonyl (C=O) groups excluding carboxylic acids is 1. The highest BCUT2D eigenvalue weighted by Gasteiger charge is 2.20. The zero-order valence-electron chi connectivity index (χ0n) is 10.2. The van der Waals surface area contributed by atoms with Crippen LogP contribution in [0, 0.1) is 0 Å². The Labute approximate surface area is 104 Å². The Bertz CT molecular complexity index is 453. The van der Waals surface area contributed by atoms with E-state index in [0.29, 0.717) is 25.3 Å². The molecule has 3 N–H and O–H groups in total. The van der Waals surface area contributed by atoms with Crippen LogP contribution in [0.1, 0.15) is 16.9 Å². The van der Waals surface area contributed by atoms with Gasteiger partial charge in [0.1, 0.15) is 5.69 Å². The molecule has 0 bridgehead atoms. The summed E-state index contributed by atoms with van der Waals surface area (Å²) >= 11 is 0. The van der Waals surface area contributed by atoms with Crippen LogP contribution in [0.5, 0.6) is 0 Å². The molecule has 0 unspecified atom stereocenters. The van der Waals surface area contributed by atoms with Crippen molar-refractivity contribution in [1.82, 2.24) is 19.8 Å². The first-order valence-corrected chi connectivity index (χ1v) is 6.11. The minimum atomic E-state index is -0.366. The van der Waals surface area contributed by atoms with Gasteiger partial charge in [-0.05, 0) is 13.0 Å². The summed E-state index contributed by atoms with van der Waals surface area (Å²) in [4.78, 5) is 31.8. The molecule has 0 saturated carbocycles. The van der Waals surface area contributed by atoms with Crippen LogP contribution in [-0.2, 0) is 0 Å². The van der Waals surface area contributed by atoms with Gasteiger partial charge in [-0.25, -0.2) is 4.79 Å². The standard InChI is InChI=1S/C11H18N4O3/c16-7-6-14-2-1-3-15(5-4-14)10(17)9-8-12-11(18)13-9/h8,16H,1-7H2,(H2,12,13,18). The van der Waals surface area contributed by atoms with E-state index in [9.17, 15) is 9.59 Å². The van der Waals surface area contributed by atoms with Crippen molar-refractivity contribution in [3.05, 3.63) is 22.4 Å². The lowest BCUT2D eigenvalue weighted by atomic mass is 10.3. The maximum Gasteiger partial charge on any atom is 0.323 e. The van der Waals surface area contributed by atoms with Gasteiger partial charge in [-0.3, -0.25) is 9.69 Å². The number of amides is 1. The van der Waals surface area contributed by atoms with Crippen LogP contribution in [-0.4, -0.2) is 70.1 Å². The Morgan fingerprint density at radius 2 is 2.17 bits per heavy atom. The van der Waals surface area contributed by atoms with Crippen molar-refractivity contribution in [3.8, 4) is 0 Å². The second-order valence-corrected chi connectivity index (χ2v) is 4.37. The van der Waals surface area contributed by atoms with E-state index in [-0.39, 0.29) is 18.2 Å². The van der Waals surface area contributed by atoms with Gasteiger partial charge in [-0.15, -0.1) is 0 Å². The smallest absolute Gasteiger partial charge is 0.323 e. The van der Waals surface area contributed by atoms with Gasteiger partial charge >= 0.3 is 5.69 Å². The zero-order chi connectivity index (χ0) is 13.0. The minimum absolute atomic E-state index is 0.138. The molecule has 2 heterocycles. The highest BCUT2D eigenvalue weighted by atomic mass is 16.3. The number of hydrogen-bond acceptors (Lipinski definition) is 4. The Kier molecular flexibility index (Phi) is 4.16. The molecule has 0 aliphatic carbocycles. The van der Waals surface area contributed by atoms with Crippen LogP contribution >= 0.6 is 0 Å². The number of imidazole rings is 1. The van der Waals surface area contributed by atoms with E-state index >= 15 is 0 Å². The van der Waals surface area contributed by atoms with Crippen molar-refractivity contribution < 1.29 is 9.90 Å². The fourth-order valence-corrected chi connectivity index (χ4v) is 2.16. The fraction of sp³-hybridized carbons (Fsp3) is 0.636. The van der Waals surface area contributed by atoms with E-state index in [1.165, 1.54) is 6.20 Å². The summed E-state index contributed by atoms with van der Waals surface area (Å²) in [5, 5.41) is 8.90. The quantitative estimate of drug-likeness (QED) is 0.634. The fourth-order valence-electron chi connectivity index (χ4n) is 2.16. The Morgan fingerprint density at radius 1 is 1.33 bits per heavy atom. The second kappa shape index (κ2) is 5.83. The highest BCUT2D eigenvalue weighted by Crippen LogP contribution is 2.06. The van der Waals surface area contributed by atoms with Crippen LogP contribution in [0.25, 0.3) is 0 Å². The van der Waals surface area contributed by atoms with Gasteiger partial charge in [0, 0.05) is 32.4 Å². The number of nitrogens with one attached hydrogen (secondary N) is 2. The number of aliphatic hydroxyl groups is 1. The number of H-pyrrole nitrogens is 2. The van der Waals surface area contributed by atoms with E-state index in [1.54, 1.807) is 4.90 Å². The third kappa shape index (κ3) is 2.99. The number of aliphatic hydroxyl groups excluding tert-OH is 1. The number of rotatable bonds is 3. The topological polar surface area (TPSA) is 92.4 Å². The molecule has 0 aromatic carbocycles. The van der Waals surface area contributed by atoms with E-state index in [4.69, 9.17) is 5.11 Å². The highest BCUT2D eigenvalue weighted by molar-refractivity contribution is 5.92. The predicted molar refractivity (Wildman–Crippen MR) is 65.5 cm³/mol. The van der Waals surface area contributed by atoms with Crippen molar-refractivity contribution in [2.24, 2.45) is 0 Å². The molecule has 0 spiro atoms. The summed E-state index contributed by atoms with van der Waals surface area (Å²) in [5.74, 6) is -0.154. The monoisotopic (exact) mass is 254 g/mol. The van der Waals surface area contributed by atoms with Crippen LogP contribution in [0.4, 0.5) is 0 Å². The molecule has 7 nitrogen and oxygen atoms in total.